The minimum atomic E-state index is 0.912. The summed E-state index contributed by atoms with van der Waals surface area (Å²) in [6.07, 6.45) is 2.98. The van der Waals surface area contributed by atoms with Crippen LogP contribution >= 0.6 is 38.6 Å². The summed E-state index contributed by atoms with van der Waals surface area (Å²) in [4.78, 5) is 2.08. The standard InChI is InChI=1S/C7H5NOS.C5H4BrNOS.C4H10N2/c1-2-7(10-5-1)6-3-4-9-8-6;6-4-1-2-9-5(4)3-7-8;1-2-6-4-3-5-1/h1-5H;1-3,8H;5-6H,1-4H2. The Morgan fingerprint density at radius 1 is 1.12 bits per heavy atom. The molecule has 0 amide bonds. The van der Waals surface area contributed by atoms with E-state index in [1.165, 1.54) is 17.6 Å². The third kappa shape index (κ3) is 7.49. The van der Waals surface area contributed by atoms with Crippen molar-refractivity contribution in [3.8, 4) is 10.6 Å². The lowest BCUT2D eigenvalue weighted by Gasteiger charge is -2.11. The number of hydrogen-bond acceptors (Lipinski definition) is 8. The van der Waals surface area contributed by atoms with E-state index in [1.54, 1.807) is 17.6 Å². The van der Waals surface area contributed by atoms with Crippen molar-refractivity contribution in [1.82, 2.24) is 15.8 Å². The van der Waals surface area contributed by atoms with Crippen LogP contribution in [0.2, 0.25) is 0 Å². The number of halogens is 1. The molecule has 3 N–H and O–H groups in total. The van der Waals surface area contributed by atoms with Crippen molar-refractivity contribution in [3.63, 3.8) is 0 Å². The van der Waals surface area contributed by atoms with E-state index in [0.29, 0.717) is 0 Å². The highest BCUT2D eigenvalue weighted by Crippen LogP contribution is 2.22. The number of rotatable bonds is 2. The summed E-state index contributed by atoms with van der Waals surface area (Å²) in [5.41, 5.74) is 0.912. The number of piperazine rings is 1. The number of aromatic nitrogens is 1. The first-order valence-electron chi connectivity index (χ1n) is 7.57. The zero-order valence-electron chi connectivity index (χ0n) is 13.4. The predicted molar refractivity (Wildman–Crippen MR) is 107 cm³/mol. The van der Waals surface area contributed by atoms with Crippen molar-refractivity contribution < 1.29 is 9.73 Å². The highest BCUT2D eigenvalue weighted by molar-refractivity contribution is 9.10. The second kappa shape index (κ2) is 11.9. The average molecular weight is 443 g/mol. The Morgan fingerprint density at radius 2 is 1.88 bits per heavy atom. The van der Waals surface area contributed by atoms with Gasteiger partial charge in [0.2, 0.25) is 0 Å². The van der Waals surface area contributed by atoms with Crippen LogP contribution in [0.15, 0.2) is 55.4 Å². The van der Waals surface area contributed by atoms with Crippen LogP contribution in [0.5, 0.6) is 0 Å². The van der Waals surface area contributed by atoms with Gasteiger partial charge in [0.05, 0.1) is 16.0 Å². The third-order valence-corrected chi connectivity index (χ3v) is 5.69. The average Bonchev–Trinajstić information content (AvgIpc) is 3.41. The summed E-state index contributed by atoms with van der Waals surface area (Å²) in [5, 5.41) is 25.2. The molecule has 0 radical (unpaired) electrons. The van der Waals surface area contributed by atoms with E-state index in [0.717, 1.165) is 46.1 Å². The van der Waals surface area contributed by atoms with Crippen molar-refractivity contribution in [3.05, 3.63) is 50.6 Å². The summed E-state index contributed by atoms with van der Waals surface area (Å²) in [7, 11) is 0. The summed E-state index contributed by atoms with van der Waals surface area (Å²) >= 11 is 6.45. The van der Waals surface area contributed by atoms with Gasteiger partial charge in [-0.15, -0.1) is 22.7 Å². The monoisotopic (exact) mass is 442 g/mol. The summed E-state index contributed by atoms with van der Waals surface area (Å²) < 4.78 is 5.66. The van der Waals surface area contributed by atoms with Crippen molar-refractivity contribution in [2.24, 2.45) is 5.16 Å². The van der Waals surface area contributed by atoms with E-state index < -0.39 is 0 Å². The highest BCUT2D eigenvalue weighted by Gasteiger charge is 1.99. The second-order valence-electron chi connectivity index (χ2n) is 4.74. The van der Waals surface area contributed by atoms with Gasteiger partial charge in [-0.25, -0.2) is 0 Å². The van der Waals surface area contributed by atoms with Gasteiger partial charge >= 0.3 is 0 Å². The lowest BCUT2D eigenvalue weighted by atomic mass is 10.4. The first-order valence-corrected chi connectivity index (χ1v) is 10.1. The topological polar surface area (TPSA) is 82.7 Å². The molecule has 9 heteroatoms. The lowest BCUT2D eigenvalue weighted by molar-refractivity contribution is 0.322. The molecule has 6 nitrogen and oxygen atoms in total. The molecule has 1 aliphatic heterocycles. The van der Waals surface area contributed by atoms with Gasteiger partial charge in [0.1, 0.15) is 12.0 Å². The molecular weight excluding hydrogens is 424 g/mol. The molecule has 0 aliphatic carbocycles. The summed E-state index contributed by atoms with van der Waals surface area (Å²) in [5.74, 6) is 0. The third-order valence-electron chi connectivity index (χ3n) is 2.99. The molecule has 0 aromatic carbocycles. The summed E-state index contributed by atoms with van der Waals surface area (Å²) in [6.45, 7) is 4.56. The number of hydrogen-bond donors (Lipinski definition) is 3. The van der Waals surface area contributed by atoms with Gasteiger partial charge in [0, 0.05) is 36.7 Å². The van der Waals surface area contributed by atoms with Gasteiger partial charge < -0.3 is 20.4 Å². The van der Waals surface area contributed by atoms with Crippen LogP contribution in [0.3, 0.4) is 0 Å². The van der Waals surface area contributed by atoms with Gasteiger partial charge in [-0.1, -0.05) is 16.4 Å². The Morgan fingerprint density at radius 3 is 2.32 bits per heavy atom. The molecule has 1 fully saturated rings. The van der Waals surface area contributed by atoms with Crippen LogP contribution in [0, 0.1) is 0 Å². The first kappa shape index (κ1) is 19.8. The number of oxime groups is 1. The quantitative estimate of drug-likeness (QED) is 0.318. The van der Waals surface area contributed by atoms with E-state index in [1.807, 2.05) is 35.0 Å². The molecule has 0 unspecified atom stereocenters. The minimum absolute atomic E-state index is 0.912. The first-order chi connectivity index (χ1) is 12.3. The number of thiophene rings is 2. The van der Waals surface area contributed by atoms with Crippen molar-refractivity contribution in [2.75, 3.05) is 26.2 Å². The SMILES string of the molecule is C1CNCCN1.ON=Cc1sccc1Br.c1csc(-c2ccon2)c1. The molecule has 3 aromatic heterocycles. The Hall–Kier alpha value is -1.52. The van der Waals surface area contributed by atoms with Crippen LogP contribution < -0.4 is 10.6 Å². The zero-order valence-corrected chi connectivity index (χ0v) is 16.6. The van der Waals surface area contributed by atoms with Crippen molar-refractivity contribution in [2.45, 2.75) is 0 Å². The molecule has 0 bridgehead atoms. The van der Waals surface area contributed by atoms with E-state index >= 15 is 0 Å². The van der Waals surface area contributed by atoms with Crippen LogP contribution in [-0.2, 0) is 0 Å². The number of nitrogens with one attached hydrogen (secondary N) is 2. The van der Waals surface area contributed by atoms with E-state index in [2.05, 4.69) is 36.9 Å². The fourth-order valence-corrected chi connectivity index (χ4v) is 3.83. The molecule has 3 aromatic rings. The molecule has 0 saturated carbocycles. The molecular formula is C16H19BrN4O2S2. The Kier molecular flexibility index (Phi) is 9.45. The molecule has 25 heavy (non-hydrogen) atoms. The smallest absolute Gasteiger partial charge is 0.124 e. The summed E-state index contributed by atoms with van der Waals surface area (Å²) in [6, 6.07) is 7.77. The van der Waals surface area contributed by atoms with Crippen LogP contribution in [-0.4, -0.2) is 42.8 Å². The molecule has 1 aliphatic rings. The van der Waals surface area contributed by atoms with Gasteiger partial charge in [0.25, 0.3) is 0 Å². The molecule has 0 atom stereocenters. The minimum Gasteiger partial charge on any atom is -0.411 e. The Bertz CT molecular complexity index is 667. The highest BCUT2D eigenvalue weighted by atomic mass is 79.9. The van der Waals surface area contributed by atoms with Gasteiger partial charge in [0.15, 0.2) is 0 Å². The van der Waals surface area contributed by atoms with E-state index in [4.69, 9.17) is 9.73 Å². The van der Waals surface area contributed by atoms with Crippen LogP contribution in [0.1, 0.15) is 4.88 Å². The fraction of sp³-hybridized carbons (Fsp3) is 0.250. The normalized spacial score (nSPS) is 13.6. The van der Waals surface area contributed by atoms with E-state index in [-0.39, 0.29) is 0 Å². The maximum absolute atomic E-state index is 8.12. The van der Waals surface area contributed by atoms with Gasteiger partial charge in [-0.2, -0.15) is 0 Å². The largest absolute Gasteiger partial charge is 0.411 e. The molecule has 4 rings (SSSR count). The van der Waals surface area contributed by atoms with Gasteiger partial charge in [-0.05, 0) is 38.8 Å². The molecule has 1 saturated heterocycles. The lowest BCUT2D eigenvalue weighted by Crippen LogP contribution is -2.39. The molecule has 4 heterocycles. The van der Waals surface area contributed by atoms with Crippen LogP contribution in [0.25, 0.3) is 10.6 Å². The van der Waals surface area contributed by atoms with E-state index in [9.17, 15) is 0 Å². The second-order valence-corrected chi connectivity index (χ2v) is 7.49. The number of nitrogens with zero attached hydrogens (tertiary/aromatic N) is 2. The maximum atomic E-state index is 8.12. The molecule has 134 valence electrons. The Labute approximate surface area is 162 Å². The fourth-order valence-electron chi connectivity index (χ4n) is 1.82. The predicted octanol–water partition coefficient (Wildman–Crippen LogP) is 3.90. The zero-order chi connectivity index (χ0) is 17.7. The Balaban J connectivity index is 0.000000140. The van der Waals surface area contributed by atoms with Crippen molar-refractivity contribution >= 4 is 44.8 Å². The van der Waals surface area contributed by atoms with Gasteiger partial charge in [-0.3, -0.25) is 0 Å². The van der Waals surface area contributed by atoms with Crippen molar-refractivity contribution in [1.29, 1.82) is 0 Å². The molecule has 0 spiro atoms. The maximum Gasteiger partial charge on any atom is 0.124 e. The van der Waals surface area contributed by atoms with Crippen LogP contribution in [0.4, 0.5) is 0 Å².